The number of likely N-dealkylation sites (tertiary alicyclic amines) is 1. The van der Waals surface area contributed by atoms with Crippen LogP contribution in [0.2, 0.25) is 0 Å². The number of non-ortho nitro benzene ring substituents is 1. The molecule has 0 aromatic heterocycles. The molecular formula is C32H37N3O5. The molecule has 1 aliphatic heterocycles. The first-order chi connectivity index (χ1) is 19.3. The largest absolute Gasteiger partial charge is 0.392 e. The molecule has 0 radical (unpaired) electrons. The third kappa shape index (κ3) is 4.23. The van der Waals surface area contributed by atoms with Crippen LogP contribution in [-0.2, 0) is 21.6 Å². The highest BCUT2D eigenvalue weighted by atomic mass is 16.6. The van der Waals surface area contributed by atoms with Crippen molar-refractivity contribution in [2.24, 2.45) is 23.2 Å². The maximum Gasteiger partial charge on any atom is 0.269 e. The highest BCUT2D eigenvalue weighted by Gasteiger charge is 2.61. The standard InChI is InChI=1S/C32H37N3O5/c36-18-20-1-3-24(4-2-20)29-32(30(38)33-26-7-8-26,25-5-9-27(10-6-25)35(39)40)17-28(37)34(29)19-31-14-21-11-22(15-31)13-23(12-21)16-31/h1-6,9-10,21-23,26,29,36H,7-8,11-19H2,(H,33,38)/t21?,22?,23?,29-,31?,32-/m1/s1. The third-order valence-corrected chi connectivity index (χ3v) is 10.6. The van der Waals surface area contributed by atoms with Gasteiger partial charge in [0.1, 0.15) is 5.41 Å². The molecule has 40 heavy (non-hydrogen) atoms. The van der Waals surface area contributed by atoms with Crippen molar-refractivity contribution in [1.29, 1.82) is 0 Å². The lowest BCUT2D eigenvalue weighted by Gasteiger charge is -2.58. The van der Waals surface area contributed by atoms with Crippen molar-refractivity contribution < 1.29 is 19.6 Å². The number of nitro benzene ring substituents is 1. The van der Waals surface area contributed by atoms with Crippen LogP contribution in [-0.4, -0.2) is 39.3 Å². The highest BCUT2D eigenvalue weighted by molar-refractivity contribution is 5.98. The smallest absolute Gasteiger partial charge is 0.269 e. The van der Waals surface area contributed by atoms with E-state index in [4.69, 9.17) is 0 Å². The molecular weight excluding hydrogens is 506 g/mol. The fourth-order valence-electron chi connectivity index (χ4n) is 9.16. The van der Waals surface area contributed by atoms with Gasteiger partial charge in [0.05, 0.1) is 17.6 Å². The van der Waals surface area contributed by atoms with E-state index < -0.39 is 16.4 Å². The summed E-state index contributed by atoms with van der Waals surface area (Å²) >= 11 is 0. The number of nitrogens with zero attached hydrogens (tertiary/aromatic N) is 2. The van der Waals surface area contributed by atoms with Gasteiger partial charge in [-0.1, -0.05) is 36.4 Å². The van der Waals surface area contributed by atoms with Crippen LogP contribution in [0.25, 0.3) is 0 Å². The van der Waals surface area contributed by atoms with E-state index in [1.807, 2.05) is 29.2 Å². The second kappa shape index (κ2) is 9.40. The SMILES string of the molecule is O=C1C[C@@](C(=O)NC2CC2)(c2ccc([N+](=O)[O-])cc2)[C@@H](c2ccc(CO)cc2)N1CC12CC3CC(CC(C3)C1)C2. The summed E-state index contributed by atoms with van der Waals surface area (Å²) in [5.41, 5.74) is 1.10. The molecule has 1 heterocycles. The van der Waals surface area contributed by atoms with Crippen LogP contribution < -0.4 is 5.32 Å². The number of rotatable bonds is 8. The first kappa shape index (κ1) is 25.7. The number of benzene rings is 2. The summed E-state index contributed by atoms with van der Waals surface area (Å²) in [6.45, 7) is 0.559. The van der Waals surface area contributed by atoms with Gasteiger partial charge in [0.2, 0.25) is 11.8 Å². The minimum absolute atomic E-state index is 0.0299. The Hall–Kier alpha value is -3.26. The fourth-order valence-corrected chi connectivity index (χ4v) is 9.16. The lowest BCUT2D eigenvalue weighted by molar-refractivity contribution is -0.384. The molecule has 2 aromatic carbocycles. The molecule has 1 saturated heterocycles. The zero-order valence-corrected chi connectivity index (χ0v) is 22.8. The maximum atomic E-state index is 14.3. The van der Waals surface area contributed by atoms with Crippen LogP contribution in [0.3, 0.4) is 0 Å². The molecule has 6 aliphatic rings. The minimum Gasteiger partial charge on any atom is -0.392 e. The van der Waals surface area contributed by atoms with E-state index in [1.54, 1.807) is 12.1 Å². The van der Waals surface area contributed by atoms with E-state index in [0.29, 0.717) is 12.1 Å². The van der Waals surface area contributed by atoms with Gasteiger partial charge in [-0.2, -0.15) is 0 Å². The predicted molar refractivity (Wildman–Crippen MR) is 148 cm³/mol. The van der Waals surface area contributed by atoms with Gasteiger partial charge in [0.15, 0.2) is 0 Å². The van der Waals surface area contributed by atoms with Gasteiger partial charge in [-0.05, 0) is 91.2 Å². The molecule has 0 spiro atoms. The van der Waals surface area contributed by atoms with E-state index in [9.17, 15) is 24.8 Å². The molecule has 210 valence electrons. The quantitative estimate of drug-likeness (QED) is 0.367. The summed E-state index contributed by atoms with van der Waals surface area (Å²) in [6, 6.07) is 13.4. The molecule has 5 aliphatic carbocycles. The Morgan fingerprint density at radius 2 is 1.57 bits per heavy atom. The van der Waals surface area contributed by atoms with Crippen LogP contribution in [0.5, 0.6) is 0 Å². The fraction of sp³-hybridized carbons (Fsp3) is 0.562. The number of aliphatic hydroxyl groups excluding tert-OH is 1. The average Bonchev–Trinajstić information content (AvgIpc) is 3.70. The number of hydrogen-bond donors (Lipinski definition) is 2. The summed E-state index contributed by atoms with van der Waals surface area (Å²) in [5, 5.41) is 24.3. The second-order valence-corrected chi connectivity index (χ2v) is 13.4. The van der Waals surface area contributed by atoms with Crippen molar-refractivity contribution in [1.82, 2.24) is 10.2 Å². The predicted octanol–water partition coefficient (Wildman–Crippen LogP) is 4.79. The van der Waals surface area contributed by atoms with E-state index in [0.717, 1.165) is 61.0 Å². The molecule has 8 rings (SSSR count). The van der Waals surface area contributed by atoms with Crippen LogP contribution in [0, 0.1) is 33.3 Å². The lowest BCUT2D eigenvalue weighted by Crippen LogP contribution is -2.53. The molecule has 0 unspecified atom stereocenters. The molecule has 8 nitrogen and oxygen atoms in total. The normalized spacial score (nSPS) is 34.3. The average molecular weight is 544 g/mol. The van der Waals surface area contributed by atoms with E-state index in [-0.39, 0.29) is 42.0 Å². The van der Waals surface area contributed by atoms with E-state index in [2.05, 4.69) is 5.32 Å². The Morgan fingerprint density at radius 1 is 0.975 bits per heavy atom. The number of aliphatic hydroxyl groups is 1. The molecule has 2 amide bonds. The van der Waals surface area contributed by atoms with Crippen molar-refractivity contribution in [3.8, 4) is 0 Å². The van der Waals surface area contributed by atoms with Gasteiger partial charge in [-0.25, -0.2) is 0 Å². The van der Waals surface area contributed by atoms with Crippen LogP contribution >= 0.6 is 0 Å². The molecule has 2 N–H and O–H groups in total. The molecule has 2 atom stereocenters. The van der Waals surface area contributed by atoms with Gasteiger partial charge in [-0.3, -0.25) is 19.7 Å². The Balaban J connectivity index is 1.34. The zero-order valence-electron chi connectivity index (χ0n) is 22.8. The number of nitro groups is 1. The molecule has 5 saturated carbocycles. The number of hydrogen-bond acceptors (Lipinski definition) is 5. The van der Waals surface area contributed by atoms with Gasteiger partial charge in [0, 0.05) is 31.1 Å². The van der Waals surface area contributed by atoms with Crippen molar-refractivity contribution in [2.45, 2.75) is 81.9 Å². The number of nitrogens with one attached hydrogen (secondary N) is 1. The van der Waals surface area contributed by atoms with Gasteiger partial charge < -0.3 is 15.3 Å². The third-order valence-electron chi connectivity index (χ3n) is 10.6. The summed E-state index contributed by atoms with van der Waals surface area (Å²) in [7, 11) is 0. The lowest BCUT2D eigenvalue weighted by atomic mass is 9.49. The van der Waals surface area contributed by atoms with Crippen molar-refractivity contribution in [2.75, 3.05) is 6.54 Å². The van der Waals surface area contributed by atoms with Crippen molar-refractivity contribution in [3.05, 3.63) is 75.3 Å². The van der Waals surface area contributed by atoms with Crippen LogP contribution in [0.1, 0.15) is 80.5 Å². The Labute approximate surface area is 234 Å². The first-order valence-electron chi connectivity index (χ1n) is 14.8. The van der Waals surface area contributed by atoms with Gasteiger partial charge in [-0.15, -0.1) is 0 Å². The number of carbonyl (C=O) groups is 2. The Morgan fingerprint density at radius 3 is 2.10 bits per heavy atom. The summed E-state index contributed by atoms with van der Waals surface area (Å²) in [5.74, 6) is 2.01. The van der Waals surface area contributed by atoms with Crippen LogP contribution in [0.4, 0.5) is 5.69 Å². The molecule has 6 fully saturated rings. The number of amides is 2. The monoisotopic (exact) mass is 543 g/mol. The molecule has 8 heteroatoms. The van der Waals surface area contributed by atoms with Crippen molar-refractivity contribution >= 4 is 17.5 Å². The number of carbonyl (C=O) groups excluding carboxylic acids is 2. The molecule has 4 bridgehead atoms. The van der Waals surface area contributed by atoms with E-state index >= 15 is 0 Å². The second-order valence-electron chi connectivity index (χ2n) is 13.4. The van der Waals surface area contributed by atoms with Gasteiger partial charge in [0.25, 0.3) is 5.69 Å². The first-order valence-corrected chi connectivity index (χ1v) is 14.8. The maximum absolute atomic E-state index is 14.3. The summed E-state index contributed by atoms with van der Waals surface area (Å²) < 4.78 is 0. The Bertz CT molecular complexity index is 1300. The van der Waals surface area contributed by atoms with Crippen LogP contribution in [0.15, 0.2) is 48.5 Å². The topological polar surface area (TPSA) is 113 Å². The zero-order chi connectivity index (χ0) is 27.6. The summed E-state index contributed by atoms with van der Waals surface area (Å²) in [6.07, 6.45) is 9.27. The Kier molecular flexibility index (Phi) is 6.04. The minimum atomic E-state index is -1.21. The van der Waals surface area contributed by atoms with Gasteiger partial charge >= 0.3 is 0 Å². The van der Waals surface area contributed by atoms with E-state index in [1.165, 1.54) is 31.4 Å². The van der Waals surface area contributed by atoms with Crippen molar-refractivity contribution in [3.63, 3.8) is 0 Å². The summed E-state index contributed by atoms with van der Waals surface area (Å²) in [4.78, 5) is 41.5. The highest BCUT2D eigenvalue weighted by Crippen LogP contribution is 2.62. The molecule has 2 aromatic rings.